The second-order valence-corrected chi connectivity index (χ2v) is 12.7. The maximum Gasteiger partial charge on any atom is 0.164 e. The summed E-state index contributed by atoms with van der Waals surface area (Å²) in [6, 6.07) is 47.2. The third-order valence-electron chi connectivity index (χ3n) is 9.97. The van der Waals surface area contributed by atoms with Crippen molar-refractivity contribution in [2.75, 3.05) is 0 Å². The van der Waals surface area contributed by atoms with Crippen LogP contribution in [-0.4, -0.2) is 23.9 Å². The molecule has 238 valence electrons. The molecule has 0 aliphatic heterocycles. The minimum absolute atomic E-state index is 0.568. The van der Waals surface area contributed by atoms with Crippen LogP contribution in [0.3, 0.4) is 0 Å². The van der Waals surface area contributed by atoms with Gasteiger partial charge in [0.1, 0.15) is 0 Å². The summed E-state index contributed by atoms with van der Waals surface area (Å²) in [6.45, 7) is 1.97. The second-order valence-electron chi connectivity index (χ2n) is 12.7. The topological polar surface area (TPSA) is 48.0 Å². The van der Waals surface area contributed by atoms with Crippen LogP contribution >= 0.6 is 0 Å². The van der Waals surface area contributed by atoms with Crippen molar-refractivity contribution in [3.8, 4) is 40.8 Å². The van der Waals surface area contributed by atoms with Crippen molar-refractivity contribution < 1.29 is 0 Å². The van der Waals surface area contributed by atoms with Crippen LogP contribution < -0.4 is 0 Å². The fraction of sp³-hybridized carbons (Fsp3) is 0.0217. The van der Waals surface area contributed by atoms with Crippen LogP contribution in [0.15, 0.2) is 152 Å². The first-order valence-electron chi connectivity index (χ1n) is 17.0. The highest BCUT2D eigenvalue weighted by molar-refractivity contribution is 6.35. The molecule has 0 unspecified atom stereocenters. The maximum absolute atomic E-state index is 5.59. The molecule has 0 saturated heterocycles. The molecule has 0 aliphatic carbocycles. The van der Waals surface area contributed by atoms with Gasteiger partial charge < -0.3 is 8.97 Å². The Labute approximate surface area is 293 Å². The van der Waals surface area contributed by atoms with E-state index >= 15 is 0 Å². The molecule has 5 heteroatoms. The first kappa shape index (κ1) is 28.9. The molecule has 10 rings (SSSR count). The maximum atomic E-state index is 5.59. The van der Waals surface area contributed by atoms with Crippen molar-refractivity contribution >= 4 is 65.5 Å². The van der Waals surface area contributed by atoms with E-state index in [2.05, 4.69) is 118 Å². The van der Waals surface area contributed by atoms with E-state index in [1.807, 2.05) is 49.4 Å². The number of benzene rings is 6. The van der Waals surface area contributed by atoms with Crippen molar-refractivity contribution in [3.63, 3.8) is 0 Å². The third kappa shape index (κ3) is 4.27. The summed E-state index contributed by atoms with van der Waals surface area (Å²) in [6.07, 6.45) is 11.1. The normalized spacial score (nSPS) is 12.4. The lowest BCUT2D eigenvalue weighted by atomic mass is 10.0. The minimum atomic E-state index is 0.568. The zero-order valence-corrected chi connectivity index (χ0v) is 27.7. The van der Waals surface area contributed by atoms with Crippen LogP contribution in [0.25, 0.3) is 93.9 Å². The van der Waals surface area contributed by atoms with E-state index in [1.54, 1.807) is 6.08 Å². The molecule has 4 aromatic heterocycles. The zero-order valence-electron chi connectivity index (χ0n) is 27.7. The van der Waals surface area contributed by atoms with Gasteiger partial charge in [-0.3, -0.25) is 0 Å². The Kier molecular flexibility index (Phi) is 6.39. The van der Waals surface area contributed by atoms with Crippen molar-refractivity contribution in [2.45, 2.75) is 6.92 Å². The van der Waals surface area contributed by atoms with Gasteiger partial charge in [0.25, 0.3) is 0 Å². The molecule has 0 amide bonds. The van der Waals surface area contributed by atoms with Crippen molar-refractivity contribution in [1.82, 2.24) is 23.9 Å². The van der Waals surface area contributed by atoms with Crippen LogP contribution in [0, 0.1) is 12.3 Å². The van der Waals surface area contributed by atoms with Crippen LogP contribution in [0.1, 0.15) is 12.7 Å². The molecule has 0 N–H and O–H groups in total. The smallest absolute Gasteiger partial charge is 0.164 e. The van der Waals surface area contributed by atoms with Gasteiger partial charge in [0.15, 0.2) is 17.5 Å². The summed E-state index contributed by atoms with van der Waals surface area (Å²) < 4.78 is 4.84. The molecular weight excluding hydrogens is 623 g/mol. The highest BCUT2D eigenvalue weighted by Crippen LogP contribution is 2.47. The highest BCUT2D eigenvalue weighted by Gasteiger charge is 2.24. The van der Waals surface area contributed by atoms with Crippen LogP contribution in [0.4, 0.5) is 0 Å². The first-order chi connectivity index (χ1) is 25.2. The lowest BCUT2D eigenvalue weighted by Crippen LogP contribution is -2.02. The summed E-state index contributed by atoms with van der Waals surface area (Å²) >= 11 is 0. The highest BCUT2D eigenvalue weighted by atomic mass is 15.0. The number of rotatable bonds is 5. The van der Waals surface area contributed by atoms with E-state index in [1.165, 1.54) is 43.5 Å². The SMILES string of the molecule is C#C/C=C\C(=C/C)c1nc(-c2ccccc2)nc(-c2ccc3c(c2)c2c4c5ccccc5n5c6ccccc6c(cc2n3-c2ccccc2)c45)n1. The first-order valence-corrected chi connectivity index (χ1v) is 17.0. The van der Waals surface area contributed by atoms with Gasteiger partial charge in [-0.25, -0.2) is 15.0 Å². The van der Waals surface area contributed by atoms with Gasteiger partial charge in [0, 0.05) is 54.7 Å². The predicted molar refractivity (Wildman–Crippen MR) is 211 cm³/mol. The van der Waals surface area contributed by atoms with Gasteiger partial charge in [-0.1, -0.05) is 96.9 Å². The number of allylic oxidation sites excluding steroid dienone is 4. The molecule has 0 bridgehead atoms. The Balaban J connectivity index is 1.34. The Morgan fingerprint density at radius 3 is 2.00 bits per heavy atom. The van der Waals surface area contributed by atoms with E-state index in [0.717, 1.165) is 38.8 Å². The molecular formula is C46H29N5. The quantitative estimate of drug-likeness (QED) is 0.137. The second kappa shape index (κ2) is 11.3. The van der Waals surface area contributed by atoms with Crippen molar-refractivity contribution in [2.24, 2.45) is 0 Å². The Morgan fingerprint density at radius 1 is 0.588 bits per heavy atom. The molecule has 0 saturated carbocycles. The number of terminal acetylenes is 1. The molecule has 5 nitrogen and oxygen atoms in total. The van der Waals surface area contributed by atoms with Crippen molar-refractivity contribution in [3.05, 3.63) is 158 Å². The predicted octanol–water partition coefficient (Wildman–Crippen LogP) is 11.0. The number of nitrogens with zero attached hydrogens (tertiary/aromatic N) is 5. The molecule has 10 aromatic rings. The summed E-state index contributed by atoms with van der Waals surface area (Å²) in [5, 5.41) is 7.33. The van der Waals surface area contributed by atoms with Gasteiger partial charge in [0.2, 0.25) is 0 Å². The number of para-hydroxylation sites is 3. The number of hydrogen-bond acceptors (Lipinski definition) is 3. The van der Waals surface area contributed by atoms with Gasteiger partial charge in [-0.15, -0.1) is 6.42 Å². The van der Waals surface area contributed by atoms with Gasteiger partial charge in [0.05, 0.1) is 27.6 Å². The van der Waals surface area contributed by atoms with Crippen LogP contribution in [-0.2, 0) is 0 Å². The van der Waals surface area contributed by atoms with Gasteiger partial charge >= 0.3 is 0 Å². The van der Waals surface area contributed by atoms with Gasteiger partial charge in [-0.05, 0) is 67.6 Å². The Bertz CT molecular complexity index is 3080. The molecule has 0 spiro atoms. The van der Waals surface area contributed by atoms with E-state index in [4.69, 9.17) is 21.4 Å². The molecule has 51 heavy (non-hydrogen) atoms. The van der Waals surface area contributed by atoms with Crippen LogP contribution in [0.2, 0.25) is 0 Å². The third-order valence-corrected chi connectivity index (χ3v) is 9.97. The van der Waals surface area contributed by atoms with E-state index in [0.29, 0.717) is 17.5 Å². The monoisotopic (exact) mass is 651 g/mol. The summed E-state index contributed by atoms with van der Waals surface area (Å²) in [7, 11) is 0. The van der Waals surface area contributed by atoms with E-state index in [-0.39, 0.29) is 0 Å². The Hall–Kier alpha value is -7.03. The molecule has 0 atom stereocenters. The zero-order chi connectivity index (χ0) is 34.1. The molecule has 6 aromatic carbocycles. The molecule has 0 fully saturated rings. The van der Waals surface area contributed by atoms with Crippen molar-refractivity contribution in [1.29, 1.82) is 0 Å². The fourth-order valence-electron chi connectivity index (χ4n) is 7.80. The van der Waals surface area contributed by atoms with E-state index < -0.39 is 0 Å². The largest absolute Gasteiger partial charge is 0.309 e. The average Bonchev–Trinajstić information content (AvgIpc) is 3.83. The Morgan fingerprint density at radius 2 is 1.25 bits per heavy atom. The lowest BCUT2D eigenvalue weighted by Gasteiger charge is -2.10. The average molecular weight is 652 g/mol. The molecule has 0 aliphatic rings. The number of hydrogen-bond donors (Lipinski definition) is 0. The van der Waals surface area contributed by atoms with Crippen LogP contribution in [0.5, 0.6) is 0 Å². The number of fused-ring (bicyclic) bond motifs is 10. The number of aromatic nitrogens is 5. The standard InChI is InChI=1S/C46H29N5/c1-3-5-16-29(4-2)44-47-45(30-17-8-6-9-18-30)49-46(48-44)31-25-26-39-36(27-31)41-40(50(39)32-19-10-7-11-20-32)28-35-33-21-12-14-23-37(33)51-38-24-15-13-22-34(38)42(41)43(35)51/h1,4-28H,2H3/b16-5-,29-4+. The summed E-state index contributed by atoms with van der Waals surface area (Å²) in [5.74, 6) is 4.37. The lowest BCUT2D eigenvalue weighted by molar-refractivity contribution is 1.04. The minimum Gasteiger partial charge on any atom is -0.309 e. The van der Waals surface area contributed by atoms with Gasteiger partial charge in [-0.2, -0.15) is 0 Å². The summed E-state index contributed by atoms with van der Waals surface area (Å²) in [4.78, 5) is 15.0. The summed E-state index contributed by atoms with van der Waals surface area (Å²) in [5.41, 5.74) is 9.71. The fourth-order valence-corrected chi connectivity index (χ4v) is 7.80. The molecule has 0 radical (unpaired) electrons. The van der Waals surface area contributed by atoms with E-state index in [9.17, 15) is 0 Å². The molecule has 4 heterocycles.